The average Bonchev–Trinajstić information content (AvgIpc) is 3.45. The first-order valence-electron chi connectivity index (χ1n) is 28.1. The quantitative estimate of drug-likeness (QED) is 0.134. The lowest BCUT2D eigenvalue weighted by atomic mass is 9.70. The summed E-state index contributed by atoms with van der Waals surface area (Å²) in [5.41, 5.74) is -9.93. The second kappa shape index (κ2) is 21.2. The summed E-state index contributed by atoms with van der Waals surface area (Å²) in [5.74, 6) is 1.32. The van der Waals surface area contributed by atoms with Gasteiger partial charge in [0.1, 0.15) is 123 Å². The Hall–Kier alpha value is -4.21. The molecule has 3 aromatic carbocycles. The zero-order valence-electron chi connectivity index (χ0n) is 54.0. The largest absolute Gasteiger partial charge is 0.488 e. The number of rotatable bonds is 16. The molecule has 79 heavy (non-hydrogen) atoms. The van der Waals surface area contributed by atoms with Crippen LogP contribution in [0.15, 0.2) is 51.1 Å². The average molecular weight is 1140 g/mol. The van der Waals surface area contributed by atoms with Crippen LogP contribution < -0.4 is 42.6 Å². The molecule has 448 valence electrons. The Balaban J connectivity index is 2.39. The fraction of sp³-hybridized carbons (Fsp3) is 0.703. The molecule has 15 heteroatoms. The van der Waals surface area contributed by atoms with Crippen LogP contribution in [0.1, 0.15) is 220 Å². The van der Waals surface area contributed by atoms with Gasteiger partial charge in [-0.25, -0.2) is 3.63 Å². The molecular formula is C64H102O13S2. The maximum absolute atomic E-state index is 16.8. The Kier molecular flexibility index (Phi) is 17.6. The third-order valence-electron chi connectivity index (χ3n) is 12.4. The molecule has 3 aromatic rings. The molecule has 2 bridgehead atoms. The summed E-state index contributed by atoms with van der Waals surface area (Å²) >= 11 is 0. The number of carbonyl (C=O) groups excluding carboxylic acids is 1. The molecule has 2 unspecified atom stereocenters. The van der Waals surface area contributed by atoms with Crippen LogP contribution in [0.5, 0.6) is 51.7 Å². The lowest BCUT2D eigenvalue weighted by Gasteiger charge is -2.46. The summed E-state index contributed by atoms with van der Waals surface area (Å²) in [6.07, 6.45) is 1.34. The first-order chi connectivity index (χ1) is 35.0. The second-order valence-electron chi connectivity index (χ2n) is 31.2. The molecule has 5 rings (SSSR count). The second-order valence-corrected chi connectivity index (χ2v) is 35.5. The molecule has 0 spiro atoms. The summed E-state index contributed by atoms with van der Waals surface area (Å²) in [5, 5.41) is 0. The van der Waals surface area contributed by atoms with Crippen molar-refractivity contribution >= 4 is 26.2 Å². The van der Waals surface area contributed by atoms with Gasteiger partial charge in [0.15, 0.2) is 0 Å². The standard InChI is InChI=1S/C64H102O13S2/c1-54(2,3)68-41-33-44(71-57(10,11)12)51(45(34-41)72-58(13,14)15)79(77-78(66,67)39-64-31-30-40(32-50(64)65)63(64,28)29,52-46(73-59(16,17)18)35-42(69-55(4,5)6)36-47(52)74-60(19,20)21)53-48(75-61(22,23)24)37-43(70-56(7,8)9)38-49(53)76-62(25,26)27/h33-38,40H,30-32,39H2,1-29H3. The highest BCUT2D eigenvalue weighted by Crippen LogP contribution is 2.82. The van der Waals surface area contributed by atoms with Gasteiger partial charge in [0.2, 0.25) is 0 Å². The van der Waals surface area contributed by atoms with Gasteiger partial charge in [-0.05, 0) is 221 Å². The van der Waals surface area contributed by atoms with Gasteiger partial charge in [-0.15, -0.1) is 0 Å². The molecule has 0 N–H and O–H groups in total. The highest BCUT2D eigenvalue weighted by atomic mass is 32.3. The van der Waals surface area contributed by atoms with Gasteiger partial charge in [-0.3, -0.25) is 4.79 Å². The van der Waals surface area contributed by atoms with E-state index in [1.54, 1.807) is 36.4 Å². The number of fused-ring (bicyclic) bond motifs is 2. The predicted octanol–water partition coefficient (Wildman–Crippen LogP) is 17.2. The van der Waals surface area contributed by atoms with Crippen LogP contribution in [0.4, 0.5) is 0 Å². The van der Waals surface area contributed by atoms with E-state index in [0.717, 1.165) is 0 Å². The SMILES string of the molecule is CC(C)(C)Oc1cc(OC(C)(C)C)c(S(OS(=O)(=O)CC23CCC(CC2=O)C3(C)C)(c2c(OC(C)(C)C)cc(OC(C)(C)C)cc2OC(C)(C)C)c2c(OC(C)(C)C)cc(OC(C)(C)C)cc2OC(C)(C)C)c(OC(C)(C)C)c1. The Morgan fingerprint density at radius 2 is 0.633 bits per heavy atom. The zero-order chi connectivity index (χ0) is 60.7. The molecule has 13 nitrogen and oxygen atoms in total. The van der Waals surface area contributed by atoms with E-state index in [1.807, 2.05) is 201 Å². The molecule has 0 aliphatic heterocycles. The van der Waals surface area contributed by atoms with E-state index in [0.29, 0.717) is 30.1 Å². The highest BCUT2D eigenvalue weighted by Gasteiger charge is 2.66. The predicted molar refractivity (Wildman–Crippen MR) is 319 cm³/mol. The van der Waals surface area contributed by atoms with Gasteiger partial charge in [-0.1, -0.05) is 13.8 Å². The summed E-state index contributed by atoms with van der Waals surface area (Å²) in [6, 6.07) is 10.6. The van der Waals surface area contributed by atoms with Crippen molar-refractivity contribution in [3.63, 3.8) is 0 Å². The first-order valence-corrected chi connectivity index (χ1v) is 31.2. The van der Waals surface area contributed by atoms with Crippen LogP contribution >= 0.6 is 10.3 Å². The lowest BCUT2D eigenvalue weighted by Crippen LogP contribution is -2.42. The van der Waals surface area contributed by atoms with Crippen LogP contribution in [0.2, 0.25) is 0 Å². The minimum Gasteiger partial charge on any atom is -0.488 e. The van der Waals surface area contributed by atoms with Gasteiger partial charge in [0.05, 0.1) is 11.2 Å². The maximum Gasteiger partial charge on any atom is 0.278 e. The van der Waals surface area contributed by atoms with Crippen LogP contribution in [-0.2, 0) is 18.5 Å². The van der Waals surface area contributed by atoms with Crippen molar-refractivity contribution in [1.82, 2.24) is 0 Å². The van der Waals surface area contributed by atoms with Crippen LogP contribution in [0.25, 0.3) is 0 Å². The summed E-state index contributed by atoms with van der Waals surface area (Å²) in [7, 11) is -9.33. The Morgan fingerprint density at radius 1 is 0.405 bits per heavy atom. The number of hydrogen-bond donors (Lipinski definition) is 0. The van der Waals surface area contributed by atoms with E-state index in [4.69, 9.17) is 46.3 Å². The number of ether oxygens (including phenoxy) is 9. The van der Waals surface area contributed by atoms with Gasteiger partial charge in [0, 0.05) is 42.8 Å². The molecule has 0 saturated heterocycles. The van der Waals surface area contributed by atoms with E-state index in [1.165, 1.54) is 0 Å². The van der Waals surface area contributed by atoms with E-state index < -0.39 is 87.4 Å². The number of benzene rings is 3. The Bertz CT molecular complexity index is 2470. The summed E-state index contributed by atoms with van der Waals surface area (Å²) in [4.78, 5) is 15.1. The van der Waals surface area contributed by atoms with Gasteiger partial charge in [0.25, 0.3) is 10.1 Å². The number of hydrogen-bond acceptors (Lipinski definition) is 13. The van der Waals surface area contributed by atoms with Crippen molar-refractivity contribution in [2.45, 2.75) is 285 Å². The first kappa shape index (κ1) is 65.6. The number of carbonyl (C=O) groups is 1. The molecular weight excluding hydrogens is 1040 g/mol. The van der Waals surface area contributed by atoms with Crippen molar-refractivity contribution in [1.29, 1.82) is 0 Å². The van der Waals surface area contributed by atoms with Gasteiger partial charge >= 0.3 is 0 Å². The minimum atomic E-state index is -5.01. The summed E-state index contributed by atoms with van der Waals surface area (Å²) in [6.45, 7) is 56.0. The van der Waals surface area contributed by atoms with Crippen LogP contribution in [0.3, 0.4) is 0 Å². The molecule has 2 aliphatic rings. The molecule has 2 fully saturated rings. The normalized spacial score (nSPS) is 19.0. The molecule has 2 atom stereocenters. The third kappa shape index (κ3) is 16.9. The lowest BCUT2D eigenvalue weighted by molar-refractivity contribution is -0.128. The number of Topliss-reactive ketones (excluding diaryl/α,β-unsaturated/α-hetero) is 1. The smallest absolute Gasteiger partial charge is 0.278 e. The molecule has 2 saturated carbocycles. The van der Waals surface area contributed by atoms with Crippen LogP contribution in [0, 0.1) is 16.7 Å². The third-order valence-corrected chi connectivity index (χ3v) is 17.8. The topological polar surface area (TPSA) is 144 Å². The Labute approximate surface area is 479 Å². The highest BCUT2D eigenvalue weighted by molar-refractivity contribution is 8.33. The monoisotopic (exact) mass is 1140 g/mol. The van der Waals surface area contributed by atoms with E-state index >= 15 is 8.42 Å². The Morgan fingerprint density at radius 3 is 0.810 bits per heavy atom. The molecule has 0 amide bonds. The van der Waals surface area contributed by atoms with Gasteiger partial charge < -0.3 is 42.6 Å². The van der Waals surface area contributed by atoms with Crippen molar-refractivity contribution in [2.75, 3.05) is 5.75 Å². The molecule has 0 radical (unpaired) electrons. The van der Waals surface area contributed by atoms with Crippen molar-refractivity contribution in [3.05, 3.63) is 36.4 Å². The maximum atomic E-state index is 16.8. The molecule has 0 aromatic heterocycles. The fourth-order valence-corrected chi connectivity index (χ4v) is 16.6. The van der Waals surface area contributed by atoms with Gasteiger partial charge in [-0.2, -0.15) is 8.42 Å². The summed E-state index contributed by atoms with van der Waals surface area (Å²) < 4.78 is 105. The van der Waals surface area contributed by atoms with E-state index in [2.05, 4.69) is 0 Å². The fourth-order valence-electron chi connectivity index (χ4n) is 10.2. The van der Waals surface area contributed by atoms with Crippen molar-refractivity contribution < 1.29 is 59.5 Å². The number of ketones is 1. The molecule has 0 heterocycles. The van der Waals surface area contributed by atoms with E-state index in [-0.39, 0.29) is 67.3 Å². The van der Waals surface area contributed by atoms with Crippen molar-refractivity contribution in [2.24, 2.45) is 16.7 Å². The van der Waals surface area contributed by atoms with E-state index in [9.17, 15) is 4.79 Å². The van der Waals surface area contributed by atoms with Crippen LogP contribution in [-0.4, -0.2) is 70.4 Å². The van der Waals surface area contributed by atoms with Crippen molar-refractivity contribution in [3.8, 4) is 51.7 Å². The zero-order valence-corrected chi connectivity index (χ0v) is 55.6. The molecule has 2 aliphatic carbocycles. The minimum absolute atomic E-state index is 0.0101.